The van der Waals surface area contributed by atoms with E-state index < -0.39 is 0 Å². The fourth-order valence-corrected chi connectivity index (χ4v) is 2.20. The highest BCUT2D eigenvalue weighted by molar-refractivity contribution is 7.80. The van der Waals surface area contributed by atoms with Crippen molar-refractivity contribution in [1.82, 2.24) is 4.98 Å². The van der Waals surface area contributed by atoms with Crippen LogP contribution in [0.15, 0.2) is 6.07 Å². The van der Waals surface area contributed by atoms with E-state index in [4.69, 9.17) is 27.4 Å². The first-order chi connectivity index (χ1) is 8.08. The molecule has 2 rings (SSSR count). The third kappa shape index (κ3) is 2.73. The highest BCUT2D eigenvalue weighted by Crippen LogP contribution is 2.23. The maximum atomic E-state index is 5.83. The fourth-order valence-electron chi connectivity index (χ4n) is 1.95. The Bertz CT molecular complexity index is 442. The second-order valence-electron chi connectivity index (χ2n) is 4.23. The summed E-state index contributed by atoms with van der Waals surface area (Å²) in [6.45, 7) is 5.22. The lowest BCUT2D eigenvalue weighted by molar-refractivity contribution is 0.137. The zero-order chi connectivity index (χ0) is 12.4. The van der Waals surface area contributed by atoms with Gasteiger partial charge in [-0.3, -0.25) is 0 Å². The Hall–Kier alpha value is -1.20. The molecule has 0 aromatic carbocycles. The molecule has 92 valence electrons. The van der Waals surface area contributed by atoms with E-state index in [9.17, 15) is 0 Å². The first kappa shape index (κ1) is 12.3. The van der Waals surface area contributed by atoms with Crippen molar-refractivity contribution >= 4 is 17.2 Å². The standard InChI is InChI=1S/C12H16N2O2S/c1-7-5-8(2)14-12(10(7)11(13)17)16-9-3-4-15-6-9/h5,9H,3-4,6H2,1-2H3,(H2,13,17). The summed E-state index contributed by atoms with van der Waals surface area (Å²) >= 11 is 5.05. The van der Waals surface area contributed by atoms with Gasteiger partial charge in [-0.1, -0.05) is 12.2 Å². The quantitative estimate of drug-likeness (QED) is 0.826. The Morgan fingerprint density at radius 1 is 1.59 bits per heavy atom. The van der Waals surface area contributed by atoms with Gasteiger partial charge in [-0.05, 0) is 25.5 Å². The molecule has 0 saturated carbocycles. The molecule has 1 aliphatic heterocycles. The van der Waals surface area contributed by atoms with Crippen LogP contribution < -0.4 is 10.5 Å². The van der Waals surface area contributed by atoms with Crippen molar-refractivity contribution in [3.8, 4) is 5.88 Å². The minimum absolute atomic E-state index is 0.0526. The molecule has 0 spiro atoms. The van der Waals surface area contributed by atoms with Crippen LogP contribution in [0.1, 0.15) is 23.2 Å². The van der Waals surface area contributed by atoms with Crippen LogP contribution in [0, 0.1) is 13.8 Å². The highest BCUT2D eigenvalue weighted by atomic mass is 32.1. The van der Waals surface area contributed by atoms with Gasteiger partial charge in [0.05, 0.1) is 18.8 Å². The minimum atomic E-state index is 0.0526. The van der Waals surface area contributed by atoms with Crippen LogP contribution in [-0.2, 0) is 4.74 Å². The van der Waals surface area contributed by atoms with Crippen LogP contribution >= 0.6 is 12.2 Å². The predicted octanol–water partition coefficient (Wildman–Crippen LogP) is 1.50. The van der Waals surface area contributed by atoms with Crippen molar-refractivity contribution in [2.75, 3.05) is 13.2 Å². The summed E-state index contributed by atoms with van der Waals surface area (Å²) in [6, 6.07) is 1.95. The molecule has 2 heterocycles. The van der Waals surface area contributed by atoms with Gasteiger partial charge < -0.3 is 15.2 Å². The average molecular weight is 252 g/mol. The summed E-state index contributed by atoms with van der Waals surface area (Å²) in [5, 5.41) is 0. The van der Waals surface area contributed by atoms with Gasteiger partial charge in [-0.2, -0.15) is 0 Å². The molecular weight excluding hydrogens is 236 g/mol. The largest absolute Gasteiger partial charge is 0.471 e. The Kier molecular flexibility index (Phi) is 3.59. The van der Waals surface area contributed by atoms with Crippen molar-refractivity contribution in [3.05, 3.63) is 22.9 Å². The summed E-state index contributed by atoms with van der Waals surface area (Å²) in [6.07, 6.45) is 0.933. The van der Waals surface area contributed by atoms with Gasteiger partial charge in [-0.15, -0.1) is 0 Å². The average Bonchev–Trinajstić information content (AvgIpc) is 2.68. The maximum Gasteiger partial charge on any atom is 0.224 e. The molecule has 1 aliphatic rings. The number of rotatable bonds is 3. The van der Waals surface area contributed by atoms with E-state index in [1.807, 2.05) is 19.9 Å². The molecule has 17 heavy (non-hydrogen) atoms. The second kappa shape index (κ2) is 4.98. The number of nitrogens with zero attached hydrogens (tertiary/aromatic N) is 1. The van der Waals surface area contributed by atoms with Gasteiger partial charge in [0.15, 0.2) is 0 Å². The van der Waals surface area contributed by atoms with Crippen LogP contribution in [0.25, 0.3) is 0 Å². The van der Waals surface area contributed by atoms with Crippen LogP contribution in [0.4, 0.5) is 0 Å². The first-order valence-corrected chi connectivity index (χ1v) is 6.01. The molecule has 0 bridgehead atoms. The number of aryl methyl sites for hydroxylation is 2. The van der Waals surface area contributed by atoms with Crippen LogP contribution in [0.3, 0.4) is 0 Å². The van der Waals surface area contributed by atoms with Gasteiger partial charge in [-0.25, -0.2) is 4.98 Å². The van der Waals surface area contributed by atoms with Crippen LogP contribution in [0.2, 0.25) is 0 Å². The molecule has 5 heteroatoms. The molecule has 0 aliphatic carbocycles. The van der Waals surface area contributed by atoms with Gasteiger partial charge in [0.1, 0.15) is 11.1 Å². The summed E-state index contributed by atoms with van der Waals surface area (Å²) in [7, 11) is 0. The van der Waals surface area contributed by atoms with E-state index in [1.54, 1.807) is 0 Å². The normalized spacial score (nSPS) is 19.3. The topological polar surface area (TPSA) is 57.4 Å². The first-order valence-electron chi connectivity index (χ1n) is 5.60. The third-order valence-corrected chi connectivity index (χ3v) is 2.93. The van der Waals surface area contributed by atoms with E-state index in [0.29, 0.717) is 17.5 Å². The third-order valence-electron chi connectivity index (χ3n) is 2.72. The monoisotopic (exact) mass is 252 g/mol. The molecular formula is C12H16N2O2S. The number of hydrogen-bond donors (Lipinski definition) is 1. The number of ether oxygens (including phenoxy) is 2. The lowest BCUT2D eigenvalue weighted by atomic mass is 10.1. The van der Waals surface area contributed by atoms with Crippen molar-refractivity contribution in [1.29, 1.82) is 0 Å². The zero-order valence-electron chi connectivity index (χ0n) is 10.0. The Morgan fingerprint density at radius 2 is 2.35 bits per heavy atom. The molecule has 1 saturated heterocycles. The van der Waals surface area contributed by atoms with Gasteiger partial charge in [0.25, 0.3) is 0 Å². The summed E-state index contributed by atoms with van der Waals surface area (Å²) in [5.74, 6) is 0.533. The number of thiocarbonyl (C=S) groups is 1. The van der Waals surface area contributed by atoms with E-state index in [0.717, 1.165) is 29.8 Å². The highest BCUT2D eigenvalue weighted by Gasteiger charge is 2.21. The molecule has 1 aromatic rings. The number of hydrogen-bond acceptors (Lipinski definition) is 4. The van der Waals surface area contributed by atoms with E-state index in [-0.39, 0.29) is 6.10 Å². The summed E-state index contributed by atoms with van der Waals surface area (Å²) in [4.78, 5) is 4.70. The SMILES string of the molecule is Cc1cc(C)c(C(N)=S)c(OC2CCOC2)n1. The molecule has 0 amide bonds. The molecule has 1 unspecified atom stereocenters. The second-order valence-corrected chi connectivity index (χ2v) is 4.67. The molecule has 1 aromatic heterocycles. The number of pyridine rings is 1. The Labute approximate surface area is 106 Å². The zero-order valence-corrected chi connectivity index (χ0v) is 10.8. The molecule has 2 N–H and O–H groups in total. The van der Waals surface area contributed by atoms with E-state index in [2.05, 4.69) is 4.98 Å². The van der Waals surface area contributed by atoms with Crippen molar-refractivity contribution in [3.63, 3.8) is 0 Å². The lowest BCUT2D eigenvalue weighted by Gasteiger charge is -2.16. The Morgan fingerprint density at radius 3 is 2.94 bits per heavy atom. The van der Waals surface area contributed by atoms with Gasteiger partial charge in [0, 0.05) is 12.1 Å². The lowest BCUT2D eigenvalue weighted by Crippen LogP contribution is -2.21. The van der Waals surface area contributed by atoms with Crippen molar-refractivity contribution < 1.29 is 9.47 Å². The maximum absolute atomic E-state index is 5.83. The van der Waals surface area contributed by atoms with Gasteiger partial charge >= 0.3 is 0 Å². The minimum Gasteiger partial charge on any atom is -0.471 e. The van der Waals surface area contributed by atoms with Crippen molar-refractivity contribution in [2.45, 2.75) is 26.4 Å². The van der Waals surface area contributed by atoms with E-state index >= 15 is 0 Å². The fraction of sp³-hybridized carbons (Fsp3) is 0.500. The molecule has 4 nitrogen and oxygen atoms in total. The smallest absolute Gasteiger partial charge is 0.224 e. The molecule has 1 atom stereocenters. The van der Waals surface area contributed by atoms with E-state index in [1.165, 1.54) is 0 Å². The number of nitrogens with two attached hydrogens (primary N) is 1. The summed E-state index contributed by atoms with van der Waals surface area (Å²) < 4.78 is 11.1. The summed E-state index contributed by atoms with van der Waals surface area (Å²) in [5.41, 5.74) is 8.35. The molecule has 0 radical (unpaired) electrons. The number of aromatic nitrogens is 1. The van der Waals surface area contributed by atoms with Crippen LogP contribution in [-0.4, -0.2) is 29.3 Å². The van der Waals surface area contributed by atoms with Gasteiger partial charge in [0.2, 0.25) is 5.88 Å². The van der Waals surface area contributed by atoms with Crippen LogP contribution in [0.5, 0.6) is 5.88 Å². The van der Waals surface area contributed by atoms with Crippen molar-refractivity contribution in [2.24, 2.45) is 5.73 Å². The predicted molar refractivity (Wildman–Crippen MR) is 69.5 cm³/mol. The molecule has 1 fully saturated rings. The Balaban J connectivity index is 2.32.